The third-order valence-corrected chi connectivity index (χ3v) is 6.05. The Bertz CT molecular complexity index is 1040. The van der Waals surface area contributed by atoms with Gasteiger partial charge in [0, 0.05) is 9.50 Å². The van der Waals surface area contributed by atoms with Gasteiger partial charge in [0.2, 0.25) is 0 Å². The summed E-state index contributed by atoms with van der Waals surface area (Å²) in [5.74, 6) is 0.618. The molecular weight excluding hydrogens is 466 g/mol. The Kier molecular flexibility index (Phi) is 6.30. The number of carbonyl (C=O) groups excluding carboxylic acids is 1. The van der Waals surface area contributed by atoms with E-state index in [4.69, 9.17) is 21.1 Å². The molecule has 0 aromatic heterocycles. The molecule has 1 aliphatic rings. The van der Waals surface area contributed by atoms with Gasteiger partial charge in [0.1, 0.15) is 12.4 Å². The number of benzene rings is 3. The van der Waals surface area contributed by atoms with Crippen LogP contribution in [0.15, 0.2) is 71.2 Å². The highest BCUT2D eigenvalue weighted by atomic mass is 79.9. The molecule has 3 aromatic rings. The van der Waals surface area contributed by atoms with Crippen molar-refractivity contribution in [2.75, 3.05) is 12.0 Å². The second-order valence-electron chi connectivity index (χ2n) is 7.10. The van der Waals surface area contributed by atoms with Gasteiger partial charge < -0.3 is 9.47 Å². The Balaban J connectivity index is 1.75. The number of hydrogen-bond acceptors (Lipinski definition) is 3. The minimum absolute atomic E-state index is 0.194. The van der Waals surface area contributed by atoms with E-state index >= 15 is 0 Å². The van der Waals surface area contributed by atoms with E-state index in [0.29, 0.717) is 10.8 Å². The molecule has 6 heteroatoms. The zero-order chi connectivity index (χ0) is 21.1. The summed E-state index contributed by atoms with van der Waals surface area (Å²) in [6, 6.07) is 20.9. The van der Waals surface area contributed by atoms with E-state index in [1.807, 2.05) is 66.7 Å². The van der Waals surface area contributed by atoms with E-state index in [9.17, 15) is 4.79 Å². The summed E-state index contributed by atoms with van der Waals surface area (Å²) in [4.78, 5) is 15.1. The van der Waals surface area contributed by atoms with Gasteiger partial charge in [-0.15, -0.1) is 0 Å². The second kappa shape index (κ2) is 9.11. The monoisotopic (exact) mass is 485 g/mol. The van der Waals surface area contributed by atoms with Crippen LogP contribution >= 0.6 is 27.5 Å². The van der Waals surface area contributed by atoms with Crippen molar-refractivity contribution in [3.8, 4) is 5.75 Å². The highest BCUT2D eigenvalue weighted by Crippen LogP contribution is 2.46. The molecule has 1 heterocycles. The molecule has 1 amide bonds. The molecule has 4 nitrogen and oxygen atoms in total. The quantitative estimate of drug-likeness (QED) is 0.401. The fraction of sp³-hybridized carbons (Fsp3) is 0.208. The molecule has 0 saturated carbocycles. The van der Waals surface area contributed by atoms with Crippen molar-refractivity contribution in [1.82, 2.24) is 0 Å². The largest absolute Gasteiger partial charge is 0.495 e. The van der Waals surface area contributed by atoms with Gasteiger partial charge in [-0.3, -0.25) is 4.90 Å². The summed E-state index contributed by atoms with van der Waals surface area (Å²) in [5, 5.41) is 0.628. The standard InChI is InChI=1S/C24H21BrClNO3/c1-29-22-14-18(25)13-17-11-12-21(19-9-5-6-10-20(19)26)27(23(17)22)24(28)30-15-16-7-3-2-4-8-16/h2-10,13-14,21H,11-12,15H2,1H3. The minimum atomic E-state index is -0.426. The average Bonchev–Trinajstić information content (AvgIpc) is 2.77. The summed E-state index contributed by atoms with van der Waals surface area (Å²) in [6.07, 6.45) is 1.10. The van der Waals surface area contributed by atoms with Crippen LogP contribution in [0.1, 0.15) is 29.2 Å². The maximum atomic E-state index is 13.4. The SMILES string of the molecule is COc1cc(Br)cc2c1N(C(=O)OCc1ccccc1)C(c1ccccc1Cl)CC2. The maximum Gasteiger partial charge on any atom is 0.415 e. The number of aryl methyl sites for hydroxylation is 1. The summed E-state index contributed by atoms with van der Waals surface area (Å²) >= 11 is 10.0. The molecule has 154 valence electrons. The van der Waals surface area contributed by atoms with Crippen LogP contribution in [-0.2, 0) is 17.8 Å². The van der Waals surface area contributed by atoms with Gasteiger partial charge in [-0.2, -0.15) is 0 Å². The molecule has 0 N–H and O–H groups in total. The molecule has 1 unspecified atom stereocenters. The van der Waals surface area contributed by atoms with Crippen molar-refractivity contribution in [2.45, 2.75) is 25.5 Å². The highest BCUT2D eigenvalue weighted by Gasteiger charge is 2.36. The molecule has 0 saturated heterocycles. The first-order valence-corrected chi connectivity index (χ1v) is 10.9. The van der Waals surface area contributed by atoms with Crippen molar-refractivity contribution >= 4 is 39.3 Å². The third-order valence-electron chi connectivity index (χ3n) is 5.24. The highest BCUT2D eigenvalue weighted by molar-refractivity contribution is 9.10. The molecule has 0 bridgehead atoms. The minimum Gasteiger partial charge on any atom is -0.495 e. The number of hydrogen-bond donors (Lipinski definition) is 0. The van der Waals surface area contributed by atoms with Gasteiger partial charge >= 0.3 is 6.09 Å². The summed E-state index contributed by atoms with van der Waals surface area (Å²) in [5.41, 5.74) is 3.59. The normalized spacial score (nSPS) is 15.4. The first kappa shape index (κ1) is 20.8. The van der Waals surface area contributed by atoms with Crippen LogP contribution in [0.25, 0.3) is 0 Å². The van der Waals surface area contributed by atoms with E-state index in [0.717, 1.165) is 39.7 Å². The van der Waals surface area contributed by atoms with E-state index in [2.05, 4.69) is 15.9 Å². The van der Waals surface area contributed by atoms with E-state index < -0.39 is 6.09 Å². The number of rotatable bonds is 4. The van der Waals surface area contributed by atoms with Crippen molar-refractivity contribution in [1.29, 1.82) is 0 Å². The Morgan fingerprint density at radius 3 is 2.60 bits per heavy atom. The first-order valence-electron chi connectivity index (χ1n) is 9.69. The van der Waals surface area contributed by atoms with Crippen LogP contribution in [-0.4, -0.2) is 13.2 Å². The molecular formula is C24H21BrClNO3. The van der Waals surface area contributed by atoms with Crippen LogP contribution in [0, 0.1) is 0 Å². The van der Waals surface area contributed by atoms with Crippen molar-refractivity contribution < 1.29 is 14.3 Å². The summed E-state index contributed by atoms with van der Waals surface area (Å²) < 4.78 is 12.3. The molecule has 4 rings (SSSR count). The topological polar surface area (TPSA) is 38.8 Å². The lowest BCUT2D eigenvalue weighted by Gasteiger charge is -2.38. The van der Waals surface area contributed by atoms with Crippen LogP contribution in [0.2, 0.25) is 5.02 Å². The molecule has 0 spiro atoms. The zero-order valence-electron chi connectivity index (χ0n) is 16.5. The van der Waals surface area contributed by atoms with Gasteiger partial charge in [-0.05, 0) is 47.7 Å². The number of anilines is 1. The smallest absolute Gasteiger partial charge is 0.415 e. The predicted molar refractivity (Wildman–Crippen MR) is 122 cm³/mol. The fourth-order valence-corrected chi connectivity index (χ4v) is 4.62. The van der Waals surface area contributed by atoms with Crippen LogP contribution in [0.4, 0.5) is 10.5 Å². The van der Waals surface area contributed by atoms with E-state index in [1.165, 1.54) is 0 Å². The molecule has 0 fully saturated rings. The van der Waals surface area contributed by atoms with Crippen molar-refractivity contribution in [3.05, 3.63) is 92.9 Å². The number of halogens is 2. The number of methoxy groups -OCH3 is 1. The van der Waals surface area contributed by atoms with Crippen molar-refractivity contribution in [2.24, 2.45) is 0 Å². The Morgan fingerprint density at radius 1 is 1.13 bits per heavy atom. The Morgan fingerprint density at radius 2 is 1.87 bits per heavy atom. The number of nitrogens with zero attached hydrogens (tertiary/aromatic N) is 1. The molecule has 0 aliphatic carbocycles. The second-order valence-corrected chi connectivity index (χ2v) is 8.42. The van der Waals surface area contributed by atoms with Crippen LogP contribution in [0.5, 0.6) is 5.75 Å². The van der Waals surface area contributed by atoms with Crippen molar-refractivity contribution in [3.63, 3.8) is 0 Å². The fourth-order valence-electron chi connectivity index (χ4n) is 3.87. The maximum absolute atomic E-state index is 13.4. The Hall–Kier alpha value is -2.50. The third kappa shape index (κ3) is 4.18. The van der Waals surface area contributed by atoms with Gasteiger partial charge in [0.25, 0.3) is 0 Å². The van der Waals surface area contributed by atoms with Gasteiger partial charge in [0.05, 0.1) is 18.8 Å². The number of carbonyl (C=O) groups is 1. The Labute approximate surface area is 189 Å². The number of ether oxygens (including phenoxy) is 2. The molecule has 3 aromatic carbocycles. The lowest BCUT2D eigenvalue weighted by molar-refractivity contribution is 0.143. The molecule has 1 atom stereocenters. The molecule has 0 radical (unpaired) electrons. The zero-order valence-corrected chi connectivity index (χ0v) is 18.8. The van der Waals surface area contributed by atoms with E-state index in [1.54, 1.807) is 12.0 Å². The molecule has 1 aliphatic heterocycles. The molecule has 30 heavy (non-hydrogen) atoms. The van der Waals surface area contributed by atoms with Crippen LogP contribution in [0.3, 0.4) is 0 Å². The van der Waals surface area contributed by atoms with E-state index in [-0.39, 0.29) is 12.6 Å². The number of fused-ring (bicyclic) bond motifs is 1. The number of amides is 1. The van der Waals surface area contributed by atoms with Gasteiger partial charge in [-0.1, -0.05) is 76.1 Å². The van der Waals surface area contributed by atoms with Crippen LogP contribution < -0.4 is 9.64 Å². The summed E-state index contributed by atoms with van der Waals surface area (Å²) in [6.45, 7) is 0.194. The summed E-state index contributed by atoms with van der Waals surface area (Å²) in [7, 11) is 1.61. The lowest BCUT2D eigenvalue weighted by atomic mass is 9.91. The van der Waals surface area contributed by atoms with Gasteiger partial charge in [-0.25, -0.2) is 4.79 Å². The average molecular weight is 487 g/mol. The first-order chi connectivity index (χ1) is 14.6. The van der Waals surface area contributed by atoms with Gasteiger partial charge in [0.15, 0.2) is 0 Å². The predicted octanol–water partition coefficient (Wildman–Crippen LogP) is 6.94. The lowest BCUT2D eigenvalue weighted by Crippen LogP contribution is -2.39.